The van der Waals surface area contributed by atoms with E-state index in [1.54, 1.807) is 0 Å². The van der Waals surface area contributed by atoms with Crippen molar-refractivity contribution in [2.24, 2.45) is 0 Å². The number of ether oxygens (including phenoxy) is 1. The van der Waals surface area contributed by atoms with Crippen molar-refractivity contribution in [2.45, 2.75) is 6.92 Å². The van der Waals surface area contributed by atoms with Gasteiger partial charge in [-0.2, -0.15) is 0 Å². The summed E-state index contributed by atoms with van der Waals surface area (Å²) in [6.45, 7) is 1.29. The topological polar surface area (TPSA) is 81.5 Å². The smallest absolute Gasteiger partial charge is 0.296 e. The summed E-state index contributed by atoms with van der Waals surface area (Å²) in [6, 6.07) is 2.78. The number of nitro groups is 1. The Morgan fingerprint density at radius 2 is 2.19 bits per heavy atom. The molecule has 0 heterocycles. The summed E-state index contributed by atoms with van der Waals surface area (Å²) in [4.78, 5) is 21.1. The molecule has 1 aromatic carbocycles. The normalized spacial score (nSPS) is 9.69. The Labute approximate surface area is 105 Å². The van der Waals surface area contributed by atoms with Crippen LogP contribution in [0.5, 0.6) is 5.75 Å². The first kappa shape index (κ1) is 12.7. The van der Waals surface area contributed by atoms with E-state index in [2.05, 4.69) is 5.32 Å². The van der Waals surface area contributed by atoms with E-state index in [1.165, 1.54) is 26.2 Å². The highest BCUT2D eigenvalue weighted by Gasteiger charge is 2.18. The van der Waals surface area contributed by atoms with Gasteiger partial charge in [-0.05, 0) is 28.7 Å². The molecule has 0 saturated carbocycles. The van der Waals surface area contributed by atoms with Gasteiger partial charge in [-0.3, -0.25) is 14.9 Å². The van der Waals surface area contributed by atoms with Gasteiger partial charge in [0, 0.05) is 6.92 Å². The fraction of sp³-hybridized carbons (Fsp3) is 0.222. The molecule has 0 radical (unpaired) electrons. The van der Waals surface area contributed by atoms with Gasteiger partial charge in [0.25, 0.3) is 5.69 Å². The van der Waals surface area contributed by atoms with Crippen molar-refractivity contribution >= 4 is 39.9 Å². The molecule has 0 aliphatic rings. The molecule has 0 bridgehead atoms. The molecule has 0 atom stereocenters. The molecule has 0 fully saturated rings. The minimum absolute atomic E-state index is 0.169. The highest BCUT2D eigenvalue weighted by molar-refractivity contribution is 14.1. The number of halogens is 1. The van der Waals surface area contributed by atoms with Crippen LogP contribution in [0.4, 0.5) is 11.4 Å². The number of methoxy groups -OCH3 is 1. The van der Waals surface area contributed by atoms with E-state index in [1.807, 2.05) is 22.6 Å². The fourth-order valence-electron chi connectivity index (χ4n) is 1.14. The summed E-state index contributed by atoms with van der Waals surface area (Å²) >= 11 is 1.97. The first-order chi connectivity index (χ1) is 7.45. The Kier molecular flexibility index (Phi) is 4.05. The minimum atomic E-state index is -0.566. The number of nitrogens with zero attached hydrogens (tertiary/aromatic N) is 1. The lowest BCUT2D eigenvalue weighted by Crippen LogP contribution is -2.08. The van der Waals surface area contributed by atoms with E-state index < -0.39 is 4.92 Å². The third-order valence-electron chi connectivity index (χ3n) is 1.78. The second kappa shape index (κ2) is 5.10. The molecule has 0 aliphatic carbocycles. The molecule has 1 rings (SSSR count). The van der Waals surface area contributed by atoms with Gasteiger partial charge in [0.15, 0.2) is 0 Å². The van der Waals surface area contributed by atoms with Crippen LogP contribution in [-0.2, 0) is 4.79 Å². The monoisotopic (exact) mass is 336 g/mol. The molecule has 16 heavy (non-hydrogen) atoms. The van der Waals surface area contributed by atoms with E-state index in [4.69, 9.17) is 4.74 Å². The molecule has 1 aromatic rings. The quantitative estimate of drug-likeness (QED) is 0.521. The number of hydrogen-bond donors (Lipinski definition) is 1. The average Bonchev–Trinajstić information content (AvgIpc) is 2.16. The molecule has 0 saturated heterocycles. The number of hydrogen-bond acceptors (Lipinski definition) is 4. The maximum atomic E-state index is 10.9. The molecular weight excluding hydrogens is 327 g/mol. The third kappa shape index (κ3) is 2.81. The van der Waals surface area contributed by atoms with Crippen LogP contribution < -0.4 is 10.1 Å². The summed E-state index contributed by atoms with van der Waals surface area (Å²) < 4.78 is 5.66. The Bertz CT molecular complexity index is 447. The Balaban J connectivity index is 3.30. The zero-order valence-electron chi connectivity index (χ0n) is 8.61. The summed E-state index contributed by atoms with van der Waals surface area (Å²) in [5.41, 5.74) is -0.0184. The number of nitro benzene ring substituents is 1. The molecule has 1 N–H and O–H groups in total. The van der Waals surface area contributed by atoms with E-state index in [0.717, 1.165) is 0 Å². The second-order valence-corrected chi connectivity index (χ2v) is 4.10. The van der Waals surface area contributed by atoms with Gasteiger partial charge in [-0.1, -0.05) is 0 Å². The number of benzene rings is 1. The maximum absolute atomic E-state index is 10.9. The van der Waals surface area contributed by atoms with Gasteiger partial charge in [0.05, 0.1) is 21.7 Å². The third-order valence-corrected chi connectivity index (χ3v) is 2.62. The summed E-state index contributed by atoms with van der Waals surface area (Å²) in [7, 11) is 1.43. The fourth-order valence-corrected chi connectivity index (χ4v) is 1.83. The van der Waals surface area contributed by atoms with Gasteiger partial charge < -0.3 is 10.1 Å². The molecular formula is C9H9IN2O4. The lowest BCUT2D eigenvalue weighted by Gasteiger charge is -2.07. The van der Waals surface area contributed by atoms with Gasteiger partial charge in [-0.25, -0.2) is 0 Å². The SMILES string of the molecule is COc1cc([N+](=O)[O-])c(NC(C)=O)cc1I. The molecule has 86 valence electrons. The Morgan fingerprint density at radius 1 is 1.56 bits per heavy atom. The number of rotatable bonds is 3. The van der Waals surface area contributed by atoms with Crippen LogP contribution in [0, 0.1) is 13.7 Å². The van der Waals surface area contributed by atoms with Crippen LogP contribution in [0.25, 0.3) is 0 Å². The number of carbonyl (C=O) groups excluding carboxylic acids is 1. The van der Waals surface area contributed by atoms with E-state index in [0.29, 0.717) is 9.32 Å². The highest BCUT2D eigenvalue weighted by Crippen LogP contribution is 2.33. The van der Waals surface area contributed by atoms with Crippen molar-refractivity contribution in [2.75, 3.05) is 12.4 Å². The maximum Gasteiger partial charge on any atom is 0.296 e. The summed E-state index contributed by atoms with van der Waals surface area (Å²) in [5.74, 6) is 0.0467. The largest absolute Gasteiger partial charge is 0.495 e. The lowest BCUT2D eigenvalue weighted by molar-refractivity contribution is -0.384. The van der Waals surface area contributed by atoms with Gasteiger partial charge in [-0.15, -0.1) is 0 Å². The standard InChI is InChI=1S/C9H9IN2O4/c1-5(13)11-7-3-6(10)9(16-2)4-8(7)12(14)15/h3-4H,1-2H3,(H,11,13). The van der Waals surface area contributed by atoms with Crippen LogP contribution in [-0.4, -0.2) is 17.9 Å². The van der Waals surface area contributed by atoms with E-state index >= 15 is 0 Å². The zero-order chi connectivity index (χ0) is 12.3. The predicted octanol–water partition coefficient (Wildman–Crippen LogP) is 2.17. The predicted molar refractivity (Wildman–Crippen MR) is 66.7 cm³/mol. The Morgan fingerprint density at radius 3 is 2.62 bits per heavy atom. The lowest BCUT2D eigenvalue weighted by atomic mass is 10.2. The molecule has 0 aliphatic heterocycles. The zero-order valence-corrected chi connectivity index (χ0v) is 10.8. The molecule has 0 unspecified atom stereocenters. The van der Waals surface area contributed by atoms with Crippen LogP contribution in [0.15, 0.2) is 12.1 Å². The van der Waals surface area contributed by atoms with Crippen molar-refractivity contribution in [3.05, 3.63) is 25.8 Å². The molecule has 7 heteroatoms. The molecule has 0 spiro atoms. The van der Waals surface area contributed by atoms with Gasteiger partial charge in [0.1, 0.15) is 11.4 Å². The van der Waals surface area contributed by atoms with Crippen molar-refractivity contribution in [1.82, 2.24) is 0 Å². The molecule has 1 amide bonds. The molecule has 6 nitrogen and oxygen atoms in total. The number of nitrogens with one attached hydrogen (secondary N) is 1. The Hall–Kier alpha value is -1.38. The number of anilines is 1. The van der Waals surface area contributed by atoms with E-state index in [9.17, 15) is 14.9 Å². The van der Waals surface area contributed by atoms with Crippen molar-refractivity contribution in [1.29, 1.82) is 0 Å². The van der Waals surface area contributed by atoms with Crippen molar-refractivity contribution in [3.8, 4) is 5.75 Å². The second-order valence-electron chi connectivity index (χ2n) is 2.94. The first-order valence-electron chi connectivity index (χ1n) is 4.25. The van der Waals surface area contributed by atoms with E-state index in [-0.39, 0.29) is 17.3 Å². The summed E-state index contributed by atoms with van der Waals surface area (Å²) in [5, 5.41) is 13.2. The van der Waals surface area contributed by atoms with Crippen LogP contribution >= 0.6 is 22.6 Å². The van der Waals surface area contributed by atoms with Gasteiger partial charge >= 0.3 is 0 Å². The summed E-state index contributed by atoms with van der Waals surface area (Å²) in [6.07, 6.45) is 0. The average molecular weight is 336 g/mol. The van der Waals surface area contributed by atoms with Crippen LogP contribution in [0.3, 0.4) is 0 Å². The van der Waals surface area contributed by atoms with Gasteiger partial charge in [0.2, 0.25) is 5.91 Å². The van der Waals surface area contributed by atoms with Crippen molar-refractivity contribution < 1.29 is 14.5 Å². The highest BCUT2D eigenvalue weighted by atomic mass is 127. The van der Waals surface area contributed by atoms with Crippen LogP contribution in [0.2, 0.25) is 0 Å². The number of carbonyl (C=O) groups is 1. The molecule has 0 aromatic heterocycles. The van der Waals surface area contributed by atoms with Crippen LogP contribution in [0.1, 0.15) is 6.92 Å². The minimum Gasteiger partial charge on any atom is -0.495 e. The first-order valence-corrected chi connectivity index (χ1v) is 5.33. The number of amides is 1. The van der Waals surface area contributed by atoms with Crippen molar-refractivity contribution in [3.63, 3.8) is 0 Å².